The van der Waals surface area contributed by atoms with Crippen molar-refractivity contribution < 1.29 is 63.8 Å². The number of rotatable bonds is 11. The Morgan fingerprint density at radius 1 is 1.04 bits per heavy atom. The van der Waals surface area contributed by atoms with Gasteiger partial charge in [-0.1, -0.05) is 12.7 Å². The van der Waals surface area contributed by atoms with Crippen LogP contribution in [0.4, 0.5) is 26.3 Å². The lowest BCUT2D eigenvalue weighted by molar-refractivity contribution is -0.193. The molecule has 0 aromatic heterocycles. The van der Waals surface area contributed by atoms with Gasteiger partial charge in [0.2, 0.25) is 0 Å². The van der Waals surface area contributed by atoms with Crippen LogP contribution >= 0.6 is 15.2 Å². The van der Waals surface area contributed by atoms with Crippen LogP contribution in [0.25, 0.3) is 0 Å². The van der Waals surface area contributed by atoms with Crippen LogP contribution in [0, 0.1) is 0 Å². The first kappa shape index (κ1) is 24.1. The van der Waals surface area contributed by atoms with E-state index in [1.54, 1.807) is 0 Å². The van der Waals surface area contributed by atoms with E-state index in [0.29, 0.717) is 0 Å². The predicted octanol–water partition coefficient (Wildman–Crippen LogP) is 2.57. The molecule has 0 aromatic rings. The zero-order chi connectivity index (χ0) is 20.1. The highest BCUT2D eigenvalue weighted by Gasteiger charge is 2.60. The zero-order valence-corrected chi connectivity index (χ0v) is 13.8. The fourth-order valence-electron chi connectivity index (χ4n) is 1.20. The van der Waals surface area contributed by atoms with E-state index in [2.05, 4.69) is 20.4 Å². The molecule has 0 amide bonds. The van der Waals surface area contributed by atoms with Crippen LogP contribution in [0.15, 0.2) is 12.7 Å². The minimum Gasteiger partial charge on any atom is -0.460 e. The van der Waals surface area contributed by atoms with Crippen molar-refractivity contribution in [2.45, 2.75) is 17.6 Å². The van der Waals surface area contributed by atoms with Crippen molar-refractivity contribution in [3.05, 3.63) is 12.7 Å². The van der Waals surface area contributed by atoms with E-state index < -0.39 is 58.7 Å². The Labute approximate surface area is 136 Å². The molecule has 0 saturated carbocycles. The number of ether oxygens (including phenoxy) is 1. The molecule has 2 N–H and O–H groups in total. The SMILES string of the molecule is C=CCOC(=O)C(P(=O)(O)OC(F)(F)CF)P(=O)(O)OC(F)(F)CF. The zero-order valence-electron chi connectivity index (χ0n) is 12.0. The molecule has 0 bridgehead atoms. The van der Waals surface area contributed by atoms with E-state index >= 15 is 0 Å². The molecule has 0 aromatic carbocycles. The first-order valence-corrected chi connectivity index (χ1v) is 9.15. The van der Waals surface area contributed by atoms with Gasteiger partial charge in [-0.15, -0.1) is 0 Å². The molecular formula is C9H12F6O8P2. The van der Waals surface area contributed by atoms with Gasteiger partial charge in [-0.05, 0) is 0 Å². The quantitative estimate of drug-likeness (QED) is 0.225. The molecule has 0 aliphatic heterocycles. The smallest absolute Gasteiger partial charge is 0.390 e. The Balaban J connectivity index is 5.93. The van der Waals surface area contributed by atoms with E-state index in [0.717, 1.165) is 6.08 Å². The van der Waals surface area contributed by atoms with Crippen LogP contribution in [-0.4, -0.2) is 53.3 Å². The van der Waals surface area contributed by atoms with Gasteiger partial charge in [0.1, 0.15) is 6.61 Å². The number of hydrogen-bond donors (Lipinski definition) is 2. The van der Waals surface area contributed by atoms with Crippen molar-refractivity contribution in [3.8, 4) is 0 Å². The summed E-state index contributed by atoms with van der Waals surface area (Å²) in [5.74, 6) is -2.26. The topological polar surface area (TPSA) is 119 Å². The van der Waals surface area contributed by atoms with Crippen molar-refractivity contribution in [2.75, 3.05) is 20.0 Å². The number of carbonyl (C=O) groups is 1. The summed E-state index contributed by atoms with van der Waals surface area (Å²) in [4.78, 5) is 30.2. The van der Waals surface area contributed by atoms with E-state index in [1.165, 1.54) is 0 Å². The summed E-state index contributed by atoms with van der Waals surface area (Å²) < 4.78 is 109. The number of halogens is 6. The van der Waals surface area contributed by atoms with Gasteiger partial charge >= 0.3 is 33.4 Å². The van der Waals surface area contributed by atoms with E-state index in [-0.39, 0.29) is 0 Å². The van der Waals surface area contributed by atoms with Gasteiger partial charge in [0.25, 0.3) is 5.40 Å². The minimum atomic E-state index is -6.35. The van der Waals surface area contributed by atoms with Crippen LogP contribution < -0.4 is 0 Å². The third-order valence-electron chi connectivity index (χ3n) is 2.01. The maximum Gasteiger partial charge on any atom is 0.390 e. The molecule has 0 aliphatic carbocycles. The monoisotopic (exact) mass is 424 g/mol. The van der Waals surface area contributed by atoms with Gasteiger partial charge in [0, 0.05) is 0 Å². The van der Waals surface area contributed by atoms with Gasteiger partial charge < -0.3 is 14.5 Å². The molecule has 0 radical (unpaired) electrons. The van der Waals surface area contributed by atoms with Gasteiger partial charge in [0.05, 0.1) is 0 Å². The maximum absolute atomic E-state index is 12.8. The molecule has 148 valence electrons. The average molecular weight is 424 g/mol. The molecule has 0 aliphatic rings. The predicted molar refractivity (Wildman–Crippen MR) is 68.6 cm³/mol. The molecule has 0 spiro atoms. The number of hydrogen-bond acceptors (Lipinski definition) is 6. The lowest BCUT2D eigenvalue weighted by Crippen LogP contribution is -2.33. The Morgan fingerprint density at radius 3 is 1.68 bits per heavy atom. The summed E-state index contributed by atoms with van der Waals surface area (Å²) in [6.45, 7) is -3.20. The standard InChI is InChI=1S/C9H12F6O8P2/c1-2-3-21-6(16)7(24(17,18)22-8(12,13)4-10)25(19,20)23-9(14,15)5-11/h2,7H,1,3-5H2,(H,17,18)(H,19,20). The molecule has 0 saturated heterocycles. The van der Waals surface area contributed by atoms with E-state index in [4.69, 9.17) is 0 Å². The summed E-state index contributed by atoms with van der Waals surface area (Å²) in [6.07, 6.45) is -9.23. The number of alkyl halides is 6. The van der Waals surface area contributed by atoms with Crippen LogP contribution in [0.1, 0.15) is 0 Å². The molecule has 25 heavy (non-hydrogen) atoms. The second kappa shape index (κ2) is 8.65. The van der Waals surface area contributed by atoms with E-state index in [1.807, 2.05) is 0 Å². The van der Waals surface area contributed by atoms with E-state index in [9.17, 15) is 50.1 Å². The third-order valence-corrected chi connectivity index (χ3v) is 6.48. The second-order valence-electron chi connectivity index (χ2n) is 4.15. The van der Waals surface area contributed by atoms with Crippen LogP contribution in [0.2, 0.25) is 0 Å². The summed E-state index contributed by atoms with van der Waals surface area (Å²) in [7, 11) is -12.7. The van der Waals surface area contributed by atoms with Crippen molar-refractivity contribution in [1.82, 2.24) is 0 Å². The second-order valence-corrected chi connectivity index (χ2v) is 8.21. The third kappa shape index (κ3) is 7.47. The van der Waals surface area contributed by atoms with Gasteiger partial charge in [-0.3, -0.25) is 13.9 Å². The van der Waals surface area contributed by atoms with Gasteiger partial charge in [-0.25, -0.2) is 17.8 Å². The Bertz CT molecular complexity index is 546. The van der Waals surface area contributed by atoms with Gasteiger partial charge in [-0.2, -0.15) is 17.6 Å². The Morgan fingerprint density at radius 2 is 1.40 bits per heavy atom. The molecule has 0 rings (SSSR count). The highest BCUT2D eigenvalue weighted by molar-refractivity contribution is 7.73. The lowest BCUT2D eigenvalue weighted by atomic mass is 10.7. The largest absolute Gasteiger partial charge is 0.460 e. The van der Waals surface area contributed by atoms with Crippen molar-refractivity contribution in [3.63, 3.8) is 0 Å². The van der Waals surface area contributed by atoms with Crippen molar-refractivity contribution in [2.24, 2.45) is 0 Å². The molecule has 8 nitrogen and oxygen atoms in total. The Kier molecular flexibility index (Phi) is 8.34. The van der Waals surface area contributed by atoms with Crippen LogP contribution in [0.5, 0.6) is 0 Å². The fourth-order valence-corrected chi connectivity index (χ4v) is 4.70. The van der Waals surface area contributed by atoms with Crippen LogP contribution in [-0.2, 0) is 27.7 Å². The van der Waals surface area contributed by atoms with Crippen LogP contribution in [0.3, 0.4) is 0 Å². The minimum absolute atomic E-state index is 0.811. The fraction of sp³-hybridized carbons (Fsp3) is 0.667. The molecule has 16 heteroatoms. The first-order chi connectivity index (χ1) is 11.1. The Hall–Kier alpha value is -0.910. The average Bonchev–Trinajstić information content (AvgIpc) is 2.42. The normalized spacial score (nSPS) is 18.7. The van der Waals surface area contributed by atoms with Gasteiger partial charge in [0.15, 0.2) is 13.3 Å². The maximum atomic E-state index is 12.8. The highest BCUT2D eigenvalue weighted by Crippen LogP contribution is 2.68. The molecule has 0 fully saturated rings. The summed E-state index contributed by atoms with van der Waals surface area (Å²) in [5.41, 5.74) is 0. The molecular weight excluding hydrogens is 412 g/mol. The highest BCUT2D eigenvalue weighted by atomic mass is 31.2. The molecule has 2 atom stereocenters. The summed E-state index contributed by atoms with van der Waals surface area (Å²) >= 11 is 0. The van der Waals surface area contributed by atoms with Crippen molar-refractivity contribution in [1.29, 1.82) is 0 Å². The first-order valence-electron chi connectivity index (χ1n) is 5.85. The number of esters is 1. The summed E-state index contributed by atoms with van der Waals surface area (Å²) in [6, 6.07) is 0. The molecule has 2 unspecified atom stereocenters. The number of carbonyl (C=O) groups excluding carboxylic acids is 1. The lowest BCUT2D eigenvalue weighted by Gasteiger charge is -2.27. The summed E-state index contributed by atoms with van der Waals surface area (Å²) in [5, 5.41) is -3.66. The van der Waals surface area contributed by atoms with Crippen molar-refractivity contribution >= 4 is 21.2 Å². The molecule has 0 heterocycles.